The predicted octanol–water partition coefficient (Wildman–Crippen LogP) is 2.97. The Morgan fingerprint density at radius 3 is 2.95 bits per heavy atom. The molecule has 0 radical (unpaired) electrons. The average molecular weight is 365 g/mol. The van der Waals surface area contributed by atoms with E-state index in [2.05, 4.69) is 32.0 Å². The number of nitrogens with zero attached hydrogens (tertiary/aromatic N) is 2. The summed E-state index contributed by atoms with van der Waals surface area (Å²) in [6, 6.07) is 7.20. The Bertz CT molecular complexity index is 858. The molecule has 0 unspecified atom stereocenters. The van der Waals surface area contributed by atoms with E-state index < -0.39 is 0 Å². The van der Waals surface area contributed by atoms with Gasteiger partial charge in [-0.05, 0) is 40.2 Å². The van der Waals surface area contributed by atoms with Gasteiger partial charge in [0.25, 0.3) is 5.56 Å². The lowest BCUT2D eigenvalue weighted by Gasteiger charge is -2.16. The second-order valence-corrected chi connectivity index (χ2v) is 6.66. The summed E-state index contributed by atoms with van der Waals surface area (Å²) >= 11 is 5.09. The number of rotatable bonds is 3. The molecular weight excluding hydrogens is 352 g/mol. The molecule has 1 aromatic carbocycles. The normalized spacial score (nSPS) is 11.0. The summed E-state index contributed by atoms with van der Waals surface area (Å²) in [4.78, 5) is 22.5. The molecule has 0 saturated heterocycles. The molecule has 3 rings (SSSR count). The van der Waals surface area contributed by atoms with Gasteiger partial charge in [-0.1, -0.05) is 0 Å². The summed E-state index contributed by atoms with van der Waals surface area (Å²) in [5, 5.41) is 2.54. The number of nitrogen functional groups attached to an aromatic ring is 1. The van der Waals surface area contributed by atoms with Gasteiger partial charge in [-0.2, -0.15) is 0 Å². The number of fused-ring (bicyclic) bond motifs is 1. The van der Waals surface area contributed by atoms with Crippen LogP contribution in [0.25, 0.3) is 10.9 Å². The zero-order chi connectivity index (χ0) is 15.0. The lowest BCUT2D eigenvalue weighted by Crippen LogP contribution is -2.22. The van der Waals surface area contributed by atoms with Gasteiger partial charge in [-0.3, -0.25) is 9.78 Å². The zero-order valence-electron chi connectivity index (χ0n) is 11.3. The second kappa shape index (κ2) is 5.50. The second-order valence-electron chi connectivity index (χ2n) is 4.75. The van der Waals surface area contributed by atoms with Crippen molar-refractivity contribution in [1.29, 1.82) is 0 Å². The highest BCUT2D eigenvalue weighted by Gasteiger charge is 2.09. The molecule has 108 valence electrons. The number of hydrogen-bond donors (Lipinski definition) is 2. The Labute approximate surface area is 133 Å². The third kappa shape index (κ3) is 2.93. The molecule has 0 spiro atoms. The van der Waals surface area contributed by atoms with Gasteiger partial charge < -0.3 is 10.6 Å². The smallest absolute Gasteiger partial charge is 0.260 e. The summed E-state index contributed by atoms with van der Waals surface area (Å²) in [5.41, 5.74) is 6.72. The first-order chi connectivity index (χ1) is 10.0. The van der Waals surface area contributed by atoms with Crippen molar-refractivity contribution >= 4 is 49.8 Å². The Balaban J connectivity index is 1.96. The molecule has 7 heteroatoms. The molecule has 0 aliphatic heterocycles. The number of H-pyrrole nitrogens is 1. The maximum Gasteiger partial charge on any atom is 0.260 e. The van der Waals surface area contributed by atoms with Crippen LogP contribution < -0.4 is 16.2 Å². The van der Waals surface area contributed by atoms with E-state index in [0.717, 1.165) is 4.47 Å². The van der Waals surface area contributed by atoms with Gasteiger partial charge in [0.05, 0.1) is 17.4 Å². The van der Waals surface area contributed by atoms with Crippen LogP contribution in [-0.2, 0) is 6.54 Å². The number of thiophene rings is 1. The number of anilines is 2. The molecule has 0 amide bonds. The molecule has 2 heterocycles. The van der Waals surface area contributed by atoms with Crippen LogP contribution in [-0.4, -0.2) is 17.0 Å². The number of benzene rings is 1. The van der Waals surface area contributed by atoms with Gasteiger partial charge in [-0.25, -0.2) is 4.98 Å². The van der Waals surface area contributed by atoms with E-state index in [1.165, 1.54) is 4.88 Å². The van der Waals surface area contributed by atoms with Crippen molar-refractivity contribution in [2.75, 3.05) is 17.7 Å². The Morgan fingerprint density at radius 2 is 2.24 bits per heavy atom. The van der Waals surface area contributed by atoms with Crippen molar-refractivity contribution in [2.24, 2.45) is 0 Å². The molecule has 0 aliphatic carbocycles. The van der Waals surface area contributed by atoms with Crippen LogP contribution in [0.3, 0.4) is 0 Å². The fourth-order valence-electron chi connectivity index (χ4n) is 2.07. The van der Waals surface area contributed by atoms with Crippen molar-refractivity contribution in [3.63, 3.8) is 0 Å². The third-order valence-corrected chi connectivity index (χ3v) is 4.78. The van der Waals surface area contributed by atoms with E-state index in [1.54, 1.807) is 29.5 Å². The molecule has 3 N–H and O–H groups in total. The molecule has 0 fully saturated rings. The minimum absolute atomic E-state index is 0.179. The van der Waals surface area contributed by atoms with Crippen molar-refractivity contribution in [3.05, 3.63) is 49.3 Å². The van der Waals surface area contributed by atoms with E-state index in [-0.39, 0.29) is 5.56 Å². The average Bonchev–Trinajstić information content (AvgIpc) is 2.84. The number of hydrogen-bond acceptors (Lipinski definition) is 5. The van der Waals surface area contributed by atoms with E-state index in [9.17, 15) is 4.79 Å². The van der Waals surface area contributed by atoms with E-state index >= 15 is 0 Å². The molecule has 3 aromatic rings. The van der Waals surface area contributed by atoms with Crippen molar-refractivity contribution in [1.82, 2.24) is 9.97 Å². The first-order valence-electron chi connectivity index (χ1n) is 6.26. The quantitative estimate of drug-likeness (QED) is 0.700. The monoisotopic (exact) mass is 364 g/mol. The fourth-order valence-corrected chi connectivity index (χ4v) is 3.57. The molecule has 0 bridgehead atoms. The highest BCUT2D eigenvalue weighted by atomic mass is 79.9. The minimum Gasteiger partial charge on any atom is -0.399 e. The Hall–Kier alpha value is -1.86. The van der Waals surface area contributed by atoms with Crippen molar-refractivity contribution < 1.29 is 0 Å². The van der Waals surface area contributed by atoms with Crippen LogP contribution in [0.2, 0.25) is 0 Å². The molecule has 2 aromatic heterocycles. The van der Waals surface area contributed by atoms with Crippen LogP contribution in [0.5, 0.6) is 0 Å². The van der Waals surface area contributed by atoms with Gasteiger partial charge in [0, 0.05) is 27.5 Å². The first-order valence-corrected chi connectivity index (χ1v) is 7.94. The SMILES string of the molecule is CN(Cc1cc(Br)cs1)c1nc2ccc(N)cc2c(=O)[nH]1. The zero-order valence-corrected chi connectivity index (χ0v) is 13.7. The highest BCUT2D eigenvalue weighted by molar-refractivity contribution is 9.10. The van der Waals surface area contributed by atoms with Gasteiger partial charge in [0.15, 0.2) is 0 Å². The topological polar surface area (TPSA) is 75.0 Å². The number of halogens is 1. The van der Waals surface area contributed by atoms with Gasteiger partial charge in [0.2, 0.25) is 5.95 Å². The Kier molecular flexibility index (Phi) is 3.69. The molecule has 0 saturated carbocycles. The molecule has 0 atom stereocenters. The first kappa shape index (κ1) is 14.1. The van der Waals surface area contributed by atoms with E-state index in [4.69, 9.17) is 5.73 Å². The third-order valence-electron chi connectivity index (χ3n) is 3.09. The molecule has 21 heavy (non-hydrogen) atoms. The lowest BCUT2D eigenvalue weighted by molar-refractivity contribution is 0.880. The highest BCUT2D eigenvalue weighted by Crippen LogP contribution is 2.22. The van der Waals surface area contributed by atoms with Gasteiger partial charge in [0.1, 0.15) is 0 Å². The summed E-state index contributed by atoms with van der Waals surface area (Å²) in [7, 11) is 1.90. The van der Waals surface area contributed by atoms with Crippen LogP contribution in [0.4, 0.5) is 11.6 Å². The molecule has 0 aliphatic rings. The number of nitrogens with one attached hydrogen (secondary N) is 1. The standard InChI is InChI=1S/C14H13BrN4OS/c1-19(6-10-4-8(15)7-21-10)14-17-12-3-2-9(16)5-11(12)13(20)18-14/h2-5,7H,6,16H2,1H3,(H,17,18,20). The summed E-state index contributed by atoms with van der Waals surface area (Å²) in [5.74, 6) is 0.543. The van der Waals surface area contributed by atoms with Crippen LogP contribution in [0.15, 0.2) is 38.9 Å². The van der Waals surface area contributed by atoms with Gasteiger partial charge >= 0.3 is 0 Å². The number of aromatic amines is 1. The summed E-state index contributed by atoms with van der Waals surface area (Å²) in [6.07, 6.45) is 0. The van der Waals surface area contributed by atoms with Crippen LogP contribution in [0, 0.1) is 0 Å². The molecule has 5 nitrogen and oxygen atoms in total. The lowest BCUT2D eigenvalue weighted by atomic mass is 10.2. The summed E-state index contributed by atoms with van der Waals surface area (Å²) in [6.45, 7) is 0.680. The van der Waals surface area contributed by atoms with Gasteiger partial charge in [-0.15, -0.1) is 11.3 Å². The summed E-state index contributed by atoms with van der Waals surface area (Å²) < 4.78 is 1.06. The minimum atomic E-state index is -0.179. The molecular formula is C14H13BrN4OS. The van der Waals surface area contributed by atoms with E-state index in [1.807, 2.05) is 17.3 Å². The van der Waals surface area contributed by atoms with Crippen LogP contribution >= 0.6 is 27.3 Å². The fraction of sp³-hybridized carbons (Fsp3) is 0.143. The maximum atomic E-state index is 12.1. The largest absolute Gasteiger partial charge is 0.399 e. The van der Waals surface area contributed by atoms with E-state index in [0.29, 0.717) is 29.1 Å². The van der Waals surface area contributed by atoms with Crippen LogP contribution in [0.1, 0.15) is 4.88 Å². The number of nitrogens with two attached hydrogens (primary N) is 1. The Morgan fingerprint density at radius 1 is 1.43 bits per heavy atom. The maximum absolute atomic E-state index is 12.1. The van der Waals surface area contributed by atoms with Crippen molar-refractivity contribution in [3.8, 4) is 0 Å². The predicted molar refractivity (Wildman–Crippen MR) is 90.9 cm³/mol. The number of aromatic nitrogens is 2. The van der Waals surface area contributed by atoms with Crippen molar-refractivity contribution in [2.45, 2.75) is 6.54 Å².